The SMILES string of the molecule is C#CC#C[C@@H]1C[C@H]1CO. The fraction of sp³-hybridized carbons (Fsp3) is 0.500. The van der Waals surface area contributed by atoms with Gasteiger partial charge in [0.05, 0.1) is 0 Å². The highest BCUT2D eigenvalue weighted by molar-refractivity contribution is 5.25. The van der Waals surface area contributed by atoms with E-state index < -0.39 is 0 Å². The van der Waals surface area contributed by atoms with Gasteiger partial charge in [-0.15, -0.1) is 6.42 Å². The Labute approximate surface area is 55.1 Å². The minimum Gasteiger partial charge on any atom is -0.396 e. The van der Waals surface area contributed by atoms with Gasteiger partial charge in [-0.2, -0.15) is 0 Å². The highest BCUT2D eigenvalue weighted by Gasteiger charge is 2.34. The molecule has 0 saturated heterocycles. The van der Waals surface area contributed by atoms with Crippen molar-refractivity contribution >= 4 is 0 Å². The summed E-state index contributed by atoms with van der Waals surface area (Å²) in [7, 11) is 0. The molecule has 0 aromatic carbocycles. The number of hydrogen-bond donors (Lipinski definition) is 1. The van der Waals surface area contributed by atoms with E-state index in [0.717, 1.165) is 6.42 Å². The summed E-state index contributed by atoms with van der Waals surface area (Å²) in [5.41, 5.74) is 0. The number of aliphatic hydroxyl groups is 1. The maximum Gasteiger partial charge on any atom is 0.0471 e. The monoisotopic (exact) mass is 120 g/mol. The van der Waals surface area contributed by atoms with Crippen LogP contribution in [0.3, 0.4) is 0 Å². The zero-order valence-electron chi connectivity index (χ0n) is 5.09. The number of hydrogen-bond acceptors (Lipinski definition) is 1. The van der Waals surface area contributed by atoms with Crippen molar-refractivity contribution in [1.82, 2.24) is 0 Å². The van der Waals surface area contributed by atoms with Gasteiger partial charge in [0.15, 0.2) is 0 Å². The van der Waals surface area contributed by atoms with E-state index in [1.54, 1.807) is 0 Å². The first kappa shape index (κ1) is 6.20. The summed E-state index contributed by atoms with van der Waals surface area (Å²) in [6.07, 6.45) is 5.92. The highest BCUT2D eigenvalue weighted by Crippen LogP contribution is 2.36. The molecule has 0 radical (unpaired) electrons. The maximum absolute atomic E-state index is 8.56. The Morgan fingerprint density at radius 1 is 1.67 bits per heavy atom. The zero-order valence-corrected chi connectivity index (χ0v) is 5.09. The second kappa shape index (κ2) is 2.58. The summed E-state index contributed by atoms with van der Waals surface area (Å²) < 4.78 is 0. The summed E-state index contributed by atoms with van der Waals surface area (Å²) in [5, 5.41) is 8.56. The molecule has 1 N–H and O–H groups in total. The normalized spacial score (nSPS) is 29.8. The summed E-state index contributed by atoms with van der Waals surface area (Å²) >= 11 is 0. The smallest absolute Gasteiger partial charge is 0.0471 e. The quantitative estimate of drug-likeness (QED) is 0.492. The van der Waals surface area contributed by atoms with Gasteiger partial charge in [-0.25, -0.2) is 0 Å². The van der Waals surface area contributed by atoms with Crippen molar-refractivity contribution in [3.8, 4) is 24.2 Å². The van der Waals surface area contributed by atoms with Gasteiger partial charge in [0.2, 0.25) is 0 Å². The van der Waals surface area contributed by atoms with Crippen molar-refractivity contribution in [3.63, 3.8) is 0 Å². The molecule has 9 heavy (non-hydrogen) atoms. The molecule has 0 heterocycles. The Morgan fingerprint density at radius 2 is 2.44 bits per heavy atom. The molecule has 0 amide bonds. The zero-order chi connectivity index (χ0) is 6.69. The van der Waals surface area contributed by atoms with Crippen LogP contribution in [0.2, 0.25) is 0 Å². The first-order chi connectivity index (χ1) is 4.38. The van der Waals surface area contributed by atoms with Crippen LogP contribution in [0.25, 0.3) is 0 Å². The summed E-state index contributed by atoms with van der Waals surface area (Å²) in [6.45, 7) is 0.254. The van der Waals surface area contributed by atoms with Crippen molar-refractivity contribution in [2.24, 2.45) is 11.8 Å². The van der Waals surface area contributed by atoms with E-state index in [2.05, 4.69) is 17.8 Å². The molecule has 0 aromatic heterocycles. The molecule has 1 nitrogen and oxygen atoms in total. The van der Waals surface area contributed by atoms with Crippen molar-refractivity contribution in [3.05, 3.63) is 0 Å². The lowest BCUT2D eigenvalue weighted by molar-refractivity contribution is 0.273. The summed E-state index contributed by atoms with van der Waals surface area (Å²) in [4.78, 5) is 0. The van der Waals surface area contributed by atoms with E-state index in [1.807, 2.05) is 0 Å². The van der Waals surface area contributed by atoms with E-state index >= 15 is 0 Å². The summed E-state index contributed by atoms with van der Waals surface area (Å²) in [5.74, 6) is 8.43. The minimum absolute atomic E-state index is 0.254. The van der Waals surface area contributed by atoms with Crippen LogP contribution in [-0.2, 0) is 0 Å². The van der Waals surface area contributed by atoms with Crippen LogP contribution in [-0.4, -0.2) is 11.7 Å². The molecule has 1 saturated carbocycles. The Bertz CT molecular complexity index is 189. The van der Waals surface area contributed by atoms with Gasteiger partial charge in [0.25, 0.3) is 0 Å². The molecule has 0 aliphatic heterocycles. The third-order valence-electron chi connectivity index (χ3n) is 1.49. The van der Waals surface area contributed by atoms with Crippen LogP contribution >= 0.6 is 0 Å². The second-order valence-electron chi connectivity index (χ2n) is 2.20. The van der Waals surface area contributed by atoms with Gasteiger partial charge < -0.3 is 5.11 Å². The van der Waals surface area contributed by atoms with E-state index in [-0.39, 0.29) is 6.61 Å². The fourth-order valence-electron chi connectivity index (χ4n) is 0.761. The summed E-state index contributed by atoms with van der Waals surface area (Å²) in [6, 6.07) is 0. The van der Waals surface area contributed by atoms with Crippen molar-refractivity contribution in [1.29, 1.82) is 0 Å². The van der Waals surface area contributed by atoms with Crippen LogP contribution in [0.1, 0.15) is 6.42 Å². The molecular formula is C8H8O. The lowest BCUT2D eigenvalue weighted by Crippen LogP contribution is -1.85. The lowest BCUT2D eigenvalue weighted by Gasteiger charge is -1.80. The Balaban J connectivity index is 2.29. The van der Waals surface area contributed by atoms with E-state index in [1.165, 1.54) is 0 Å². The van der Waals surface area contributed by atoms with Crippen LogP contribution in [0.5, 0.6) is 0 Å². The molecule has 0 spiro atoms. The van der Waals surface area contributed by atoms with E-state index in [9.17, 15) is 0 Å². The standard InChI is InChI=1S/C8H8O/c1-2-3-4-7-5-8(7)6-9/h1,7-9H,5-6H2/t7-,8+/m1/s1. The second-order valence-corrected chi connectivity index (χ2v) is 2.20. The van der Waals surface area contributed by atoms with Crippen LogP contribution in [0, 0.1) is 36.0 Å². The molecule has 1 aliphatic rings. The van der Waals surface area contributed by atoms with Crippen molar-refractivity contribution in [2.75, 3.05) is 6.61 Å². The largest absolute Gasteiger partial charge is 0.396 e. The number of aliphatic hydroxyl groups excluding tert-OH is 1. The molecule has 1 fully saturated rings. The average molecular weight is 120 g/mol. The van der Waals surface area contributed by atoms with E-state index in [4.69, 9.17) is 11.5 Å². The van der Waals surface area contributed by atoms with Gasteiger partial charge in [-0.3, -0.25) is 0 Å². The molecular weight excluding hydrogens is 112 g/mol. The average Bonchev–Trinajstić information content (AvgIpc) is 2.62. The van der Waals surface area contributed by atoms with E-state index in [0.29, 0.717) is 11.8 Å². The first-order valence-electron chi connectivity index (χ1n) is 2.95. The minimum atomic E-state index is 0.254. The molecule has 1 aliphatic carbocycles. The maximum atomic E-state index is 8.56. The fourth-order valence-corrected chi connectivity index (χ4v) is 0.761. The van der Waals surface area contributed by atoms with Gasteiger partial charge in [-0.1, -0.05) is 5.92 Å². The topological polar surface area (TPSA) is 20.2 Å². The molecule has 0 bridgehead atoms. The number of rotatable bonds is 1. The van der Waals surface area contributed by atoms with Gasteiger partial charge in [0.1, 0.15) is 0 Å². The Hall–Kier alpha value is -0.920. The Morgan fingerprint density at radius 3 is 2.89 bits per heavy atom. The molecule has 2 atom stereocenters. The highest BCUT2D eigenvalue weighted by atomic mass is 16.3. The van der Waals surface area contributed by atoms with Gasteiger partial charge in [-0.05, 0) is 24.2 Å². The Kier molecular flexibility index (Phi) is 1.78. The first-order valence-corrected chi connectivity index (χ1v) is 2.95. The van der Waals surface area contributed by atoms with Gasteiger partial charge >= 0.3 is 0 Å². The third kappa shape index (κ3) is 1.49. The van der Waals surface area contributed by atoms with Crippen LogP contribution in [0.15, 0.2) is 0 Å². The number of terminal acetylenes is 1. The van der Waals surface area contributed by atoms with Crippen molar-refractivity contribution < 1.29 is 5.11 Å². The van der Waals surface area contributed by atoms with Gasteiger partial charge in [0, 0.05) is 12.5 Å². The van der Waals surface area contributed by atoms with Crippen LogP contribution in [0.4, 0.5) is 0 Å². The predicted octanol–water partition coefficient (Wildman–Crippen LogP) is 0.251. The molecule has 46 valence electrons. The predicted molar refractivity (Wildman–Crippen MR) is 35.3 cm³/mol. The van der Waals surface area contributed by atoms with Crippen LogP contribution < -0.4 is 0 Å². The lowest BCUT2D eigenvalue weighted by atomic mass is 10.3. The molecule has 1 heteroatoms. The third-order valence-corrected chi connectivity index (χ3v) is 1.49. The molecule has 0 aromatic rings. The van der Waals surface area contributed by atoms with Crippen molar-refractivity contribution in [2.45, 2.75) is 6.42 Å². The molecule has 0 unspecified atom stereocenters. The molecule has 1 rings (SSSR count).